The van der Waals surface area contributed by atoms with Crippen LogP contribution in [0, 0.1) is 0 Å². The average Bonchev–Trinajstić information content (AvgIpc) is 2.03. The zero-order valence-electron chi connectivity index (χ0n) is 6.26. The van der Waals surface area contributed by atoms with Gasteiger partial charge in [0.2, 0.25) is 0 Å². The Morgan fingerprint density at radius 3 is 3.20 bits per heavy atom. The van der Waals surface area contributed by atoms with Crippen molar-refractivity contribution in [1.29, 1.82) is 0 Å². The molecular weight excluding hydrogens is 126 g/mol. The third-order valence-electron chi connectivity index (χ3n) is 1.46. The van der Waals surface area contributed by atoms with Crippen LogP contribution < -0.4 is 5.32 Å². The van der Waals surface area contributed by atoms with Crippen molar-refractivity contribution in [2.75, 3.05) is 13.8 Å². The normalized spacial score (nSPS) is 16.7. The molecule has 1 aliphatic carbocycles. The molecule has 0 aliphatic heterocycles. The molecule has 0 aromatic heterocycles. The quantitative estimate of drug-likeness (QED) is 0.597. The molecule has 0 heterocycles. The summed E-state index contributed by atoms with van der Waals surface area (Å²) in [4.78, 5) is 0. The largest absolute Gasteiger partial charge is 0.366 e. The van der Waals surface area contributed by atoms with E-state index in [1.807, 2.05) is 0 Å². The van der Waals surface area contributed by atoms with Crippen molar-refractivity contribution < 1.29 is 4.74 Å². The van der Waals surface area contributed by atoms with Crippen molar-refractivity contribution in [3.05, 3.63) is 23.9 Å². The zero-order valence-corrected chi connectivity index (χ0v) is 6.26. The second-order valence-electron chi connectivity index (χ2n) is 2.27. The fourth-order valence-electron chi connectivity index (χ4n) is 0.915. The summed E-state index contributed by atoms with van der Waals surface area (Å²) in [5.41, 5.74) is 1.27. The van der Waals surface area contributed by atoms with E-state index >= 15 is 0 Å². The Kier molecular flexibility index (Phi) is 3.03. The second kappa shape index (κ2) is 4.12. The molecule has 0 fully saturated rings. The van der Waals surface area contributed by atoms with Gasteiger partial charge in [0.1, 0.15) is 6.73 Å². The van der Waals surface area contributed by atoms with Gasteiger partial charge in [-0.25, -0.2) is 0 Å². The number of nitrogens with one attached hydrogen (secondary N) is 1. The Hall–Kier alpha value is -0.760. The molecule has 0 bridgehead atoms. The smallest absolute Gasteiger partial charge is 0.115 e. The minimum Gasteiger partial charge on any atom is -0.366 e. The van der Waals surface area contributed by atoms with E-state index in [2.05, 4.69) is 23.5 Å². The van der Waals surface area contributed by atoms with Gasteiger partial charge in [-0.1, -0.05) is 12.2 Å². The molecule has 0 amide bonds. The van der Waals surface area contributed by atoms with Crippen LogP contribution in [-0.2, 0) is 4.74 Å². The Morgan fingerprint density at radius 1 is 1.70 bits per heavy atom. The van der Waals surface area contributed by atoms with Gasteiger partial charge >= 0.3 is 0 Å². The first kappa shape index (κ1) is 7.35. The minimum atomic E-state index is 0.611. The molecule has 2 heteroatoms. The van der Waals surface area contributed by atoms with E-state index in [4.69, 9.17) is 4.74 Å². The molecule has 0 radical (unpaired) electrons. The van der Waals surface area contributed by atoms with Gasteiger partial charge in [-0.05, 0) is 18.9 Å². The fourth-order valence-corrected chi connectivity index (χ4v) is 0.915. The number of methoxy groups -OCH3 is 1. The summed E-state index contributed by atoms with van der Waals surface area (Å²) in [6, 6.07) is 0. The SMILES string of the molecule is COCNC1=CC=CCC1. The van der Waals surface area contributed by atoms with Gasteiger partial charge in [0.25, 0.3) is 0 Å². The van der Waals surface area contributed by atoms with Crippen LogP contribution in [0.25, 0.3) is 0 Å². The number of hydrogen-bond donors (Lipinski definition) is 1. The number of hydrogen-bond acceptors (Lipinski definition) is 2. The van der Waals surface area contributed by atoms with Gasteiger partial charge in [0.05, 0.1) is 0 Å². The lowest BCUT2D eigenvalue weighted by Crippen LogP contribution is -2.16. The maximum absolute atomic E-state index is 4.87. The van der Waals surface area contributed by atoms with Crippen molar-refractivity contribution >= 4 is 0 Å². The summed E-state index contributed by atoms with van der Waals surface area (Å²) in [6.45, 7) is 0.611. The highest BCUT2D eigenvalue weighted by Gasteiger charge is 1.95. The van der Waals surface area contributed by atoms with Gasteiger partial charge in [-0.2, -0.15) is 0 Å². The van der Waals surface area contributed by atoms with E-state index in [1.165, 1.54) is 5.70 Å². The van der Waals surface area contributed by atoms with Gasteiger partial charge in [-0.15, -0.1) is 0 Å². The molecule has 2 nitrogen and oxygen atoms in total. The molecule has 0 aromatic rings. The van der Waals surface area contributed by atoms with Crippen molar-refractivity contribution in [3.63, 3.8) is 0 Å². The summed E-state index contributed by atoms with van der Waals surface area (Å²) in [6.07, 6.45) is 8.57. The molecule has 10 heavy (non-hydrogen) atoms. The molecule has 0 spiro atoms. The number of rotatable bonds is 3. The van der Waals surface area contributed by atoms with E-state index in [0.29, 0.717) is 6.73 Å². The number of allylic oxidation sites excluding steroid dienone is 4. The van der Waals surface area contributed by atoms with Crippen molar-refractivity contribution in [3.8, 4) is 0 Å². The van der Waals surface area contributed by atoms with Crippen LogP contribution >= 0.6 is 0 Å². The van der Waals surface area contributed by atoms with Crippen molar-refractivity contribution in [2.45, 2.75) is 12.8 Å². The average molecular weight is 139 g/mol. The Balaban J connectivity index is 2.25. The number of ether oxygens (including phenoxy) is 1. The first-order valence-corrected chi connectivity index (χ1v) is 3.52. The lowest BCUT2D eigenvalue weighted by Gasteiger charge is -2.10. The van der Waals surface area contributed by atoms with Crippen LogP contribution in [0.1, 0.15) is 12.8 Å². The summed E-state index contributed by atoms with van der Waals surface area (Å²) in [5.74, 6) is 0. The van der Waals surface area contributed by atoms with Crippen LogP contribution in [0.2, 0.25) is 0 Å². The van der Waals surface area contributed by atoms with Crippen molar-refractivity contribution in [1.82, 2.24) is 5.32 Å². The Labute approximate surface area is 61.6 Å². The van der Waals surface area contributed by atoms with E-state index in [9.17, 15) is 0 Å². The summed E-state index contributed by atoms with van der Waals surface area (Å²) < 4.78 is 4.87. The highest BCUT2D eigenvalue weighted by Crippen LogP contribution is 2.07. The van der Waals surface area contributed by atoms with Crippen LogP contribution in [0.4, 0.5) is 0 Å². The van der Waals surface area contributed by atoms with E-state index in [1.54, 1.807) is 7.11 Å². The molecule has 0 unspecified atom stereocenters. The third-order valence-corrected chi connectivity index (χ3v) is 1.46. The molecule has 0 saturated heterocycles. The van der Waals surface area contributed by atoms with E-state index < -0.39 is 0 Å². The standard InChI is InChI=1S/C8H13NO/c1-10-7-9-8-5-3-2-4-6-8/h2-3,5,9H,4,6-7H2,1H3. The first-order valence-electron chi connectivity index (χ1n) is 3.52. The molecule has 1 rings (SSSR count). The van der Waals surface area contributed by atoms with Crippen molar-refractivity contribution in [2.24, 2.45) is 0 Å². The maximum Gasteiger partial charge on any atom is 0.115 e. The van der Waals surface area contributed by atoms with E-state index in [-0.39, 0.29) is 0 Å². The molecule has 1 N–H and O–H groups in total. The summed E-state index contributed by atoms with van der Waals surface area (Å²) in [7, 11) is 1.69. The molecule has 56 valence electrons. The lowest BCUT2D eigenvalue weighted by atomic mass is 10.1. The topological polar surface area (TPSA) is 21.3 Å². The predicted octanol–water partition coefficient (Wildman–Crippen LogP) is 1.41. The van der Waals surface area contributed by atoms with Crippen LogP contribution in [0.3, 0.4) is 0 Å². The minimum absolute atomic E-state index is 0.611. The maximum atomic E-state index is 4.87. The van der Waals surface area contributed by atoms with Gasteiger partial charge in [-0.3, -0.25) is 0 Å². The highest BCUT2D eigenvalue weighted by molar-refractivity contribution is 5.15. The summed E-state index contributed by atoms with van der Waals surface area (Å²) in [5, 5.41) is 3.16. The molecule has 0 atom stereocenters. The lowest BCUT2D eigenvalue weighted by molar-refractivity contribution is 0.183. The second-order valence-corrected chi connectivity index (χ2v) is 2.27. The van der Waals surface area contributed by atoms with E-state index in [0.717, 1.165) is 12.8 Å². The summed E-state index contributed by atoms with van der Waals surface area (Å²) >= 11 is 0. The zero-order chi connectivity index (χ0) is 7.23. The molecule has 0 aromatic carbocycles. The molecule has 0 saturated carbocycles. The monoisotopic (exact) mass is 139 g/mol. The fraction of sp³-hybridized carbons (Fsp3) is 0.500. The van der Waals surface area contributed by atoms with Crippen LogP contribution in [0.5, 0.6) is 0 Å². The molecule has 1 aliphatic rings. The van der Waals surface area contributed by atoms with Crippen LogP contribution in [-0.4, -0.2) is 13.8 Å². The van der Waals surface area contributed by atoms with Gasteiger partial charge in [0.15, 0.2) is 0 Å². The Morgan fingerprint density at radius 2 is 2.60 bits per heavy atom. The third kappa shape index (κ3) is 2.23. The first-order chi connectivity index (χ1) is 4.93. The van der Waals surface area contributed by atoms with Crippen LogP contribution in [0.15, 0.2) is 23.9 Å². The van der Waals surface area contributed by atoms with Gasteiger partial charge < -0.3 is 10.1 Å². The molecular formula is C8H13NO. The highest BCUT2D eigenvalue weighted by atomic mass is 16.5. The predicted molar refractivity (Wildman–Crippen MR) is 41.5 cm³/mol. The van der Waals surface area contributed by atoms with Gasteiger partial charge in [0, 0.05) is 12.8 Å². The Bertz CT molecular complexity index is 149.